The van der Waals surface area contributed by atoms with E-state index in [1.807, 2.05) is 0 Å². The molecule has 0 radical (unpaired) electrons. The molecule has 2 aliphatic rings. The molecule has 1 saturated carbocycles. The van der Waals surface area contributed by atoms with Gasteiger partial charge < -0.3 is 5.32 Å². The van der Waals surface area contributed by atoms with Gasteiger partial charge in [-0.25, -0.2) is 0 Å². The highest BCUT2D eigenvalue weighted by Crippen LogP contribution is 2.70. The van der Waals surface area contributed by atoms with Crippen LogP contribution in [0.15, 0.2) is 11.6 Å². The van der Waals surface area contributed by atoms with E-state index in [9.17, 15) is 0 Å². The van der Waals surface area contributed by atoms with Crippen LogP contribution in [0.4, 0.5) is 0 Å². The molecule has 2 rings (SSSR count). The van der Waals surface area contributed by atoms with Gasteiger partial charge in [-0.2, -0.15) is 0 Å². The minimum Gasteiger partial charge on any atom is -0.310 e. The maximum atomic E-state index is 3.73. The van der Waals surface area contributed by atoms with Crippen LogP contribution in [0.2, 0.25) is 0 Å². The van der Waals surface area contributed by atoms with Crippen molar-refractivity contribution in [1.82, 2.24) is 5.32 Å². The smallest absolute Gasteiger partial charge is 0.0318 e. The van der Waals surface area contributed by atoms with E-state index in [0.29, 0.717) is 16.9 Å². The third kappa shape index (κ3) is 1.64. The molecule has 0 aromatic rings. The monoisotopic (exact) mass is 221 g/mol. The van der Waals surface area contributed by atoms with E-state index in [4.69, 9.17) is 0 Å². The highest BCUT2D eigenvalue weighted by atomic mass is 15.0. The molecule has 0 amide bonds. The molecule has 0 aromatic carbocycles. The lowest BCUT2D eigenvalue weighted by molar-refractivity contribution is 0.444. The first kappa shape index (κ1) is 12.2. The summed E-state index contributed by atoms with van der Waals surface area (Å²) in [7, 11) is 0. The Morgan fingerprint density at radius 1 is 1.31 bits per heavy atom. The Hall–Kier alpha value is -0.300. The minimum absolute atomic E-state index is 0.489. The van der Waals surface area contributed by atoms with E-state index in [1.165, 1.54) is 19.3 Å². The van der Waals surface area contributed by atoms with E-state index in [0.717, 1.165) is 12.5 Å². The first-order valence-corrected chi connectivity index (χ1v) is 6.85. The summed E-state index contributed by atoms with van der Waals surface area (Å²) in [5.74, 6) is 0.810. The van der Waals surface area contributed by atoms with Crippen LogP contribution >= 0.6 is 0 Å². The van der Waals surface area contributed by atoms with Crippen LogP contribution in [0.25, 0.3) is 0 Å². The molecule has 0 bridgehead atoms. The SMILES string of the molecule is CCNC(C1=CCCC1)C1C(C)(C)C1(C)C. The first-order chi connectivity index (χ1) is 7.43. The van der Waals surface area contributed by atoms with Crippen molar-refractivity contribution in [2.75, 3.05) is 6.54 Å². The normalized spacial score (nSPS) is 28.9. The first-order valence-electron chi connectivity index (χ1n) is 6.85. The predicted octanol–water partition coefficient (Wildman–Crippen LogP) is 3.76. The fourth-order valence-corrected chi connectivity index (χ4v) is 3.74. The van der Waals surface area contributed by atoms with Crippen molar-refractivity contribution in [2.24, 2.45) is 16.7 Å². The zero-order valence-corrected chi connectivity index (χ0v) is 11.6. The van der Waals surface area contributed by atoms with Crippen LogP contribution in [-0.4, -0.2) is 12.6 Å². The van der Waals surface area contributed by atoms with Gasteiger partial charge in [-0.1, -0.05) is 46.3 Å². The molecule has 1 heteroatoms. The number of hydrogen-bond donors (Lipinski definition) is 1. The van der Waals surface area contributed by atoms with Crippen molar-refractivity contribution in [3.63, 3.8) is 0 Å². The molecular formula is C15H27N. The summed E-state index contributed by atoms with van der Waals surface area (Å²) in [6, 6.07) is 0.637. The topological polar surface area (TPSA) is 12.0 Å². The Balaban J connectivity index is 2.16. The molecule has 1 fully saturated rings. The van der Waals surface area contributed by atoms with Crippen LogP contribution in [0.5, 0.6) is 0 Å². The molecule has 16 heavy (non-hydrogen) atoms. The summed E-state index contributed by atoms with van der Waals surface area (Å²) in [6.07, 6.45) is 6.47. The molecule has 0 spiro atoms. The highest BCUT2D eigenvalue weighted by molar-refractivity contribution is 5.27. The van der Waals surface area contributed by atoms with Gasteiger partial charge in [0.05, 0.1) is 0 Å². The zero-order chi connectivity index (χ0) is 12.0. The lowest BCUT2D eigenvalue weighted by Crippen LogP contribution is -2.34. The molecule has 1 unspecified atom stereocenters. The quantitative estimate of drug-likeness (QED) is 0.713. The number of allylic oxidation sites excluding steroid dienone is 1. The highest BCUT2D eigenvalue weighted by Gasteiger charge is 2.67. The van der Waals surface area contributed by atoms with Crippen molar-refractivity contribution in [1.29, 1.82) is 0 Å². The van der Waals surface area contributed by atoms with E-state index < -0.39 is 0 Å². The van der Waals surface area contributed by atoms with E-state index in [2.05, 4.69) is 46.0 Å². The summed E-state index contributed by atoms with van der Waals surface area (Å²) in [5.41, 5.74) is 2.66. The Morgan fingerprint density at radius 2 is 1.94 bits per heavy atom. The molecule has 1 atom stereocenters. The van der Waals surface area contributed by atoms with Gasteiger partial charge in [0.1, 0.15) is 0 Å². The maximum Gasteiger partial charge on any atom is 0.0318 e. The van der Waals surface area contributed by atoms with Gasteiger partial charge in [0.15, 0.2) is 0 Å². The fraction of sp³-hybridized carbons (Fsp3) is 0.867. The molecule has 1 nitrogen and oxygen atoms in total. The van der Waals surface area contributed by atoms with E-state index in [-0.39, 0.29) is 0 Å². The second-order valence-electron chi connectivity index (χ2n) is 6.63. The Labute approximate surface area is 101 Å². The maximum absolute atomic E-state index is 3.73. The summed E-state index contributed by atoms with van der Waals surface area (Å²) in [6.45, 7) is 13.0. The lowest BCUT2D eigenvalue weighted by atomic mass is 9.96. The van der Waals surface area contributed by atoms with Crippen LogP contribution < -0.4 is 5.32 Å². The summed E-state index contributed by atoms with van der Waals surface area (Å²) in [4.78, 5) is 0. The van der Waals surface area contributed by atoms with Crippen molar-refractivity contribution >= 4 is 0 Å². The van der Waals surface area contributed by atoms with Crippen LogP contribution in [0.1, 0.15) is 53.9 Å². The largest absolute Gasteiger partial charge is 0.310 e. The number of nitrogens with one attached hydrogen (secondary N) is 1. The Kier molecular flexibility index (Phi) is 2.94. The van der Waals surface area contributed by atoms with Crippen LogP contribution in [0.3, 0.4) is 0 Å². The van der Waals surface area contributed by atoms with Crippen LogP contribution in [-0.2, 0) is 0 Å². The van der Waals surface area contributed by atoms with Crippen LogP contribution in [0, 0.1) is 16.7 Å². The van der Waals surface area contributed by atoms with Gasteiger partial charge in [0.2, 0.25) is 0 Å². The predicted molar refractivity (Wildman–Crippen MR) is 70.5 cm³/mol. The molecular weight excluding hydrogens is 194 g/mol. The van der Waals surface area contributed by atoms with E-state index >= 15 is 0 Å². The zero-order valence-electron chi connectivity index (χ0n) is 11.6. The Bertz CT molecular complexity index is 285. The molecule has 1 N–H and O–H groups in total. The molecule has 0 saturated heterocycles. The van der Waals surface area contributed by atoms with Crippen molar-refractivity contribution in [2.45, 2.75) is 59.9 Å². The van der Waals surface area contributed by atoms with Gasteiger partial charge in [0.25, 0.3) is 0 Å². The average Bonchev–Trinajstić information content (AvgIpc) is 2.64. The Morgan fingerprint density at radius 3 is 2.31 bits per heavy atom. The fourth-order valence-electron chi connectivity index (χ4n) is 3.74. The van der Waals surface area contributed by atoms with Crippen molar-refractivity contribution < 1.29 is 0 Å². The second-order valence-corrected chi connectivity index (χ2v) is 6.63. The molecule has 0 aromatic heterocycles. The summed E-state index contributed by atoms with van der Waals surface area (Å²) >= 11 is 0. The summed E-state index contributed by atoms with van der Waals surface area (Å²) in [5, 5.41) is 3.73. The number of likely N-dealkylation sites (N-methyl/N-ethyl adjacent to an activating group) is 1. The second kappa shape index (κ2) is 3.87. The standard InChI is InChI=1S/C15H27N/c1-6-16-12(11-9-7-8-10-11)13-14(2,3)15(13,4)5/h9,12-13,16H,6-8,10H2,1-5H3. The van der Waals surface area contributed by atoms with Gasteiger partial charge in [-0.05, 0) is 42.6 Å². The minimum atomic E-state index is 0.489. The molecule has 2 aliphatic carbocycles. The molecule has 0 aliphatic heterocycles. The third-order valence-electron chi connectivity index (χ3n) is 5.37. The third-order valence-corrected chi connectivity index (χ3v) is 5.37. The van der Waals surface area contributed by atoms with Gasteiger partial charge in [0, 0.05) is 6.04 Å². The van der Waals surface area contributed by atoms with Gasteiger partial charge in [-0.3, -0.25) is 0 Å². The molecule has 0 heterocycles. The average molecular weight is 221 g/mol. The van der Waals surface area contributed by atoms with Gasteiger partial charge >= 0.3 is 0 Å². The molecule has 92 valence electrons. The lowest BCUT2D eigenvalue weighted by Gasteiger charge is -2.22. The van der Waals surface area contributed by atoms with Gasteiger partial charge in [-0.15, -0.1) is 0 Å². The van der Waals surface area contributed by atoms with Crippen molar-refractivity contribution in [3.8, 4) is 0 Å². The number of rotatable bonds is 4. The summed E-state index contributed by atoms with van der Waals surface area (Å²) < 4.78 is 0. The van der Waals surface area contributed by atoms with E-state index in [1.54, 1.807) is 5.57 Å². The van der Waals surface area contributed by atoms with Crippen molar-refractivity contribution in [3.05, 3.63) is 11.6 Å². The number of hydrogen-bond acceptors (Lipinski definition) is 1.